The third-order valence-electron chi connectivity index (χ3n) is 13.2. The van der Waals surface area contributed by atoms with Gasteiger partial charge >= 0.3 is 0 Å². The van der Waals surface area contributed by atoms with Crippen LogP contribution in [0, 0.1) is 0 Å². The lowest BCUT2D eigenvalue weighted by molar-refractivity contribution is 0.669. The molecule has 3 aromatic heterocycles. The van der Waals surface area contributed by atoms with E-state index in [1.54, 1.807) is 0 Å². The van der Waals surface area contributed by atoms with Crippen LogP contribution >= 0.6 is 0 Å². The standard InChI is InChI=1S/C59H34N4O/c1-2-16-39-34-52-49(33-38(39)15-1)54-45-20-8-5-14-37(45)27-30-50(54)63(52)51-31-29-48(56-55(51)47-21-9-10-23-53(47)64-56)59-61-57(60-58(62-59)46-22-11-17-35-12-3-7-19-43(35)46)41-26-28-44-40(32-41)25-24-36-13-4-6-18-42(36)44/h1-34H. The van der Waals surface area contributed by atoms with E-state index in [0.717, 1.165) is 71.5 Å². The lowest BCUT2D eigenvalue weighted by Gasteiger charge is -2.14. The summed E-state index contributed by atoms with van der Waals surface area (Å²) < 4.78 is 9.41. The fourth-order valence-electron chi connectivity index (χ4n) is 10.2. The molecule has 0 aliphatic heterocycles. The maximum atomic E-state index is 6.99. The molecule has 64 heavy (non-hydrogen) atoms. The molecule has 0 fully saturated rings. The molecule has 11 aromatic carbocycles. The highest BCUT2D eigenvalue weighted by Gasteiger charge is 2.24. The second-order valence-corrected chi connectivity index (χ2v) is 16.7. The zero-order chi connectivity index (χ0) is 41.9. The predicted molar refractivity (Wildman–Crippen MR) is 265 cm³/mol. The molecular formula is C59H34N4O. The van der Waals surface area contributed by atoms with E-state index in [1.165, 1.54) is 48.5 Å². The molecule has 3 heterocycles. The third kappa shape index (κ3) is 5.15. The number of furan rings is 1. The highest BCUT2D eigenvalue weighted by atomic mass is 16.3. The number of fused-ring (bicyclic) bond motifs is 13. The van der Waals surface area contributed by atoms with Crippen LogP contribution in [0.5, 0.6) is 0 Å². The van der Waals surface area contributed by atoms with Crippen LogP contribution in [-0.4, -0.2) is 19.5 Å². The lowest BCUT2D eigenvalue weighted by Crippen LogP contribution is -2.02. The molecule has 5 nitrogen and oxygen atoms in total. The van der Waals surface area contributed by atoms with Gasteiger partial charge < -0.3 is 8.98 Å². The maximum absolute atomic E-state index is 6.99. The summed E-state index contributed by atoms with van der Waals surface area (Å²) in [6.45, 7) is 0. The monoisotopic (exact) mass is 814 g/mol. The van der Waals surface area contributed by atoms with Gasteiger partial charge in [0.15, 0.2) is 17.5 Å². The van der Waals surface area contributed by atoms with Crippen LogP contribution in [0.1, 0.15) is 0 Å². The van der Waals surface area contributed by atoms with Gasteiger partial charge in [0.1, 0.15) is 11.2 Å². The predicted octanol–water partition coefficient (Wildman–Crippen LogP) is 15.6. The Labute approximate surface area is 366 Å². The minimum atomic E-state index is 0.543. The van der Waals surface area contributed by atoms with E-state index in [9.17, 15) is 0 Å². The van der Waals surface area contributed by atoms with Gasteiger partial charge in [0, 0.05) is 27.3 Å². The van der Waals surface area contributed by atoms with Gasteiger partial charge in [0.05, 0.1) is 27.7 Å². The van der Waals surface area contributed by atoms with E-state index in [2.05, 4.69) is 205 Å². The fraction of sp³-hybridized carbons (Fsp3) is 0. The van der Waals surface area contributed by atoms with Crippen molar-refractivity contribution in [1.82, 2.24) is 19.5 Å². The van der Waals surface area contributed by atoms with Gasteiger partial charge in [0.2, 0.25) is 0 Å². The molecule has 0 saturated carbocycles. The zero-order valence-corrected chi connectivity index (χ0v) is 34.3. The Morgan fingerprint density at radius 1 is 0.328 bits per heavy atom. The van der Waals surface area contributed by atoms with Crippen molar-refractivity contribution in [3.63, 3.8) is 0 Å². The molecular weight excluding hydrogens is 781 g/mol. The molecule has 0 unspecified atom stereocenters. The minimum absolute atomic E-state index is 0.543. The van der Waals surface area contributed by atoms with Crippen molar-refractivity contribution in [3.05, 3.63) is 206 Å². The van der Waals surface area contributed by atoms with Crippen molar-refractivity contribution in [3.8, 4) is 39.9 Å². The van der Waals surface area contributed by atoms with Gasteiger partial charge in [-0.1, -0.05) is 164 Å². The van der Waals surface area contributed by atoms with Crippen LogP contribution in [0.3, 0.4) is 0 Å². The van der Waals surface area contributed by atoms with Gasteiger partial charge in [-0.2, -0.15) is 0 Å². The Kier molecular flexibility index (Phi) is 7.33. The molecule has 0 saturated heterocycles. The Morgan fingerprint density at radius 3 is 1.75 bits per heavy atom. The van der Waals surface area contributed by atoms with Gasteiger partial charge in [0.25, 0.3) is 0 Å². The highest BCUT2D eigenvalue weighted by Crippen LogP contribution is 2.45. The summed E-state index contributed by atoms with van der Waals surface area (Å²) in [5.41, 5.74) is 7.46. The molecule has 0 bridgehead atoms. The smallest absolute Gasteiger partial charge is 0.167 e. The van der Waals surface area contributed by atoms with E-state index < -0.39 is 0 Å². The first kappa shape index (κ1) is 35.0. The van der Waals surface area contributed by atoms with Crippen molar-refractivity contribution >= 4 is 97.6 Å². The molecule has 0 aliphatic rings. The number of aromatic nitrogens is 4. The summed E-state index contributed by atoms with van der Waals surface area (Å²) >= 11 is 0. The van der Waals surface area contributed by atoms with E-state index in [4.69, 9.17) is 19.4 Å². The third-order valence-corrected chi connectivity index (χ3v) is 13.2. The Morgan fingerprint density at radius 2 is 0.922 bits per heavy atom. The molecule has 0 aliphatic carbocycles. The zero-order valence-electron chi connectivity index (χ0n) is 34.3. The fourth-order valence-corrected chi connectivity index (χ4v) is 10.2. The van der Waals surface area contributed by atoms with E-state index in [1.807, 2.05) is 6.07 Å². The first-order chi connectivity index (χ1) is 31.7. The second kappa shape index (κ2) is 13.4. The number of rotatable bonds is 4. The van der Waals surface area contributed by atoms with Crippen molar-refractivity contribution in [1.29, 1.82) is 0 Å². The maximum Gasteiger partial charge on any atom is 0.167 e. The van der Waals surface area contributed by atoms with Crippen LogP contribution in [0.2, 0.25) is 0 Å². The summed E-state index contributed by atoms with van der Waals surface area (Å²) in [6.07, 6.45) is 0. The van der Waals surface area contributed by atoms with E-state index in [-0.39, 0.29) is 0 Å². The van der Waals surface area contributed by atoms with Crippen LogP contribution in [0.15, 0.2) is 211 Å². The Bertz CT molecular complexity index is 4270. The topological polar surface area (TPSA) is 56.7 Å². The molecule has 0 amide bonds. The van der Waals surface area contributed by atoms with Gasteiger partial charge in [-0.05, 0) is 96.3 Å². The number of hydrogen-bond donors (Lipinski definition) is 0. The summed E-state index contributed by atoms with van der Waals surface area (Å²) in [4.78, 5) is 15.9. The van der Waals surface area contributed by atoms with Gasteiger partial charge in [-0.25, -0.2) is 15.0 Å². The van der Waals surface area contributed by atoms with Crippen molar-refractivity contribution in [2.75, 3.05) is 0 Å². The largest absolute Gasteiger partial charge is 0.455 e. The van der Waals surface area contributed by atoms with E-state index >= 15 is 0 Å². The van der Waals surface area contributed by atoms with E-state index in [0.29, 0.717) is 17.5 Å². The average Bonchev–Trinajstić information content (AvgIpc) is 3.91. The first-order valence-corrected chi connectivity index (χ1v) is 21.7. The van der Waals surface area contributed by atoms with Crippen LogP contribution in [0.4, 0.5) is 0 Å². The first-order valence-electron chi connectivity index (χ1n) is 21.7. The van der Waals surface area contributed by atoms with Crippen LogP contribution in [0.25, 0.3) is 137 Å². The summed E-state index contributed by atoms with van der Waals surface area (Å²) in [7, 11) is 0. The number of hydrogen-bond acceptors (Lipinski definition) is 4. The lowest BCUT2D eigenvalue weighted by atomic mass is 10.00. The summed E-state index contributed by atoms with van der Waals surface area (Å²) in [6, 6.07) is 73.4. The summed E-state index contributed by atoms with van der Waals surface area (Å²) in [5, 5.41) is 16.2. The van der Waals surface area contributed by atoms with Gasteiger partial charge in [-0.15, -0.1) is 0 Å². The quantitative estimate of drug-likeness (QED) is 0.166. The van der Waals surface area contributed by atoms with Crippen LogP contribution in [-0.2, 0) is 0 Å². The average molecular weight is 815 g/mol. The summed E-state index contributed by atoms with van der Waals surface area (Å²) in [5.74, 6) is 1.74. The van der Waals surface area contributed by atoms with Gasteiger partial charge in [-0.3, -0.25) is 0 Å². The normalized spacial score (nSPS) is 12.1. The number of nitrogens with zero attached hydrogens (tertiary/aromatic N) is 4. The molecule has 5 heteroatoms. The highest BCUT2D eigenvalue weighted by molar-refractivity contribution is 6.24. The minimum Gasteiger partial charge on any atom is -0.455 e. The molecule has 14 aromatic rings. The molecule has 0 atom stereocenters. The molecule has 14 rings (SSSR count). The second-order valence-electron chi connectivity index (χ2n) is 16.7. The van der Waals surface area contributed by atoms with Crippen molar-refractivity contribution in [2.45, 2.75) is 0 Å². The molecule has 0 N–H and O–H groups in total. The molecule has 0 radical (unpaired) electrons. The van der Waals surface area contributed by atoms with Crippen LogP contribution < -0.4 is 0 Å². The number of benzene rings is 11. The number of para-hydroxylation sites is 1. The molecule has 0 spiro atoms. The van der Waals surface area contributed by atoms with Crippen molar-refractivity contribution in [2.24, 2.45) is 0 Å². The Hall–Kier alpha value is -8.67. The Balaban J connectivity index is 1.06. The van der Waals surface area contributed by atoms with Crippen molar-refractivity contribution < 1.29 is 4.42 Å². The molecule has 296 valence electrons. The SMILES string of the molecule is c1ccc2cc3c(cc2c1)c1c2ccccc2ccc1n3-c1ccc(-c2nc(-c3ccc4c(ccc5ccccc54)c3)nc(-c3cccc4ccccc34)n2)c2oc3ccccc3c12.